The Morgan fingerprint density at radius 1 is 0.882 bits per heavy atom. The second-order valence-corrected chi connectivity index (χ2v) is 12.5. The van der Waals surface area contributed by atoms with E-state index >= 15 is 0 Å². The van der Waals surface area contributed by atoms with Crippen LogP contribution in [0.25, 0.3) is 0 Å². The lowest BCUT2D eigenvalue weighted by Gasteiger charge is -2.38. The highest BCUT2D eigenvalue weighted by molar-refractivity contribution is 5.24. The van der Waals surface area contributed by atoms with Crippen molar-refractivity contribution in [1.29, 1.82) is 0 Å². The van der Waals surface area contributed by atoms with Gasteiger partial charge in [0.25, 0.3) is 0 Å². The topological polar surface area (TPSA) is 27.5 Å². The first kappa shape index (κ1) is 26.1. The molecule has 3 fully saturated rings. The molecule has 0 amide bonds. The van der Waals surface area contributed by atoms with Crippen LogP contribution in [0.3, 0.4) is 0 Å². The number of piperidine rings is 2. The number of nitrogens with one attached hydrogen (secondary N) is 1. The van der Waals surface area contributed by atoms with Gasteiger partial charge in [-0.05, 0) is 54.6 Å². The summed E-state index contributed by atoms with van der Waals surface area (Å²) in [5, 5.41) is 2.49. The number of hydrogen-bond donors (Lipinski definition) is 2. The van der Waals surface area contributed by atoms with Crippen molar-refractivity contribution in [1.82, 2.24) is 9.80 Å². The second kappa shape index (κ2) is 13.4. The highest BCUT2D eigenvalue weighted by atomic mass is 15.3. The van der Waals surface area contributed by atoms with Crippen LogP contribution >= 0.6 is 0 Å². The lowest BCUT2D eigenvalue weighted by atomic mass is 9.89. The van der Waals surface area contributed by atoms with Crippen LogP contribution < -0.4 is 10.2 Å². The smallest absolute Gasteiger partial charge is 0.0809 e. The minimum atomic E-state index is 0.744. The van der Waals surface area contributed by atoms with Gasteiger partial charge in [-0.15, -0.1) is 0 Å². The van der Waals surface area contributed by atoms with Gasteiger partial charge >= 0.3 is 0 Å². The van der Waals surface area contributed by atoms with E-state index in [0.717, 1.165) is 23.7 Å². The third-order valence-electron chi connectivity index (χ3n) is 8.72. The molecule has 0 radical (unpaired) electrons. The number of quaternary nitrogens is 2. The predicted octanol–water partition coefficient (Wildman–Crippen LogP) is 1.95. The van der Waals surface area contributed by atoms with E-state index in [4.69, 9.17) is 0 Å². The Hall–Kier alpha value is -0.940. The molecule has 0 bridgehead atoms. The number of benzene rings is 1. The van der Waals surface area contributed by atoms with Gasteiger partial charge in [0, 0.05) is 58.0 Å². The van der Waals surface area contributed by atoms with E-state index < -0.39 is 0 Å². The molecule has 4 rings (SSSR count). The van der Waals surface area contributed by atoms with E-state index in [9.17, 15) is 0 Å². The fraction of sp³-hybridized carbons (Fsp3) is 0.800. The summed E-state index contributed by atoms with van der Waals surface area (Å²) in [5.41, 5.74) is 3.10. The summed E-state index contributed by atoms with van der Waals surface area (Å²) >= 11 is 0. The second-order valence-electron chi connectivity index (χ2n) is 12.5. The standard InChI is InChI=1S/C30H52N4/c1-25(2)19-29-5-4-6-30(21-29)20-27-9-13-32(14-10-27)22-26(3)23-33-15-17-34(18-16-33)24-28-7-11-31-12-8-28/h4-6,21,25-28,31H,7-20,22-24H2,1-3H3/p+2/t26-/m1/s1. The molecule has 3 aliphatic heterocycles. The molecule has 1 aromatic carbocycles. The minimum absolute atomic E-state index is 0.744. The van der Waals surface area contributed by atoms with Crippen LogP contribution in [0, 0.1) is 23.7 Å². The maximum absolute atomic E-state index is 2.76. The Kier molecular flexibility index (Phi) is 10.3. The minimum Gasteiger partial charge on any atom is -0.346 e. The Labute approximate surface area is 210 Å². The Morgan fingerprint density at radius 3 is 2.26 bits per heavy atom. The van der Waals surface area contributed by atoms with Gasteiger partial charge in [-0.2, -0.15) is 0 Å². The molecular weight excluding hydrogens is 416 g/mol. The summed E-state index contributed by atoms with van der Waals surface area (Å²) in [6.45, 7) is 21.8. The van der Waals surface area contributed by atoms with Crippen LogP contribution in [0.4, 0.5) is 0 Å². The van der Waals surface area contributed by atoms with Crippen molar-refractivity contribution in [2.75, 3.05) is 72.0 Å². The first-order valence-electron chi connectivity index (χ1n) is 14.7. The van der Waals surface area contributed by atoms with Gasteiger partial charge in [0.1, 0.15) is 0 Å². The van der Waals surface area contributed by atoms with Crippen LogP contribution in [0.15, 0.2) is 24.3 Å². The van der Waals surface area contributed by atoms with Crippen LogP contribution in [-0.2, 0) is 12.8 Å². The van der Waals surface area contributed by atoms with E-state index in [1.165, 1.54) is 116 Å². The molecule has 4 nitrogen and oxygen atoms in total. The van der Waals surface area contributed by atoms with E-state index in [0.29, 0.717) is 0 Å². The quantitative estimate of drug-likeness (QED) is 0.547. The molecule has 0 aliphatic carbocycles. The zero-order valence-electron chi connectivity index (χ0n) is 22.6. The van der Waals surface area contributed by atoms with Crippen molar-refractivity contribution in [2.24, 2.45) is 23.7 Å². The predicted molar refractivity (Wildman–Crippen MR) is 143 cm³/mol. The number of nitrogens with zero attached hydrogens (tertiary/aromatic N) is 2. The van der Waals surface area contributed by atoms with Crippen LogP contribution in [0.1, 0.15) is 57.6 Å². The molecule has 34 heavy (non-hydrogen) atoms. The monoisotopic (exact) mass is 470 g/mol. The first-order valence-corrected chi connectivity index (χ1v) is 14.7. The molecule has 0 saturated carbocycles. The maximum Gasteiger partial charge on any atom is 0.0809 e. The van der Waals surface area contributed by atoms with Gasteiger partial charge < -0.3 is 20.0 Å². The number of rotatable bonds is 10. The number of hydrogen-bond acceptors (Lipinski definition) is 2. The summed E-state index contributed by atoms with van der Waals surface area (Å²) in [6.07, 6.45) is 8.19. The van der Waals surface area contributed by atoms with E-state index in [1.807, 2.05) is 4.90 Å². The van der Waals surface area contributed by atoms with Gasteiger partial charge in [0.05, 0.1) is 32.7 Å². The lowest BCUT2D eigenvalue weighted by molar-refractivity contribution is -0.909. The van der Waals surface area contributed by atoms with Gasteiger partial charge in [-0.1, -0.05) is 45.0 Å². The summed E-state index contributed by atoms with van der Waals surface area (Å²) in [6, 6.07) is 9.43. The Bertz CT molecular complexity index is 698. The summed E-state index contributed by atoms with van der Waals surface area (Å²) < 4.78 is 0. The van der Waals surface area contributed by atoms with Crippen LogP contribution in [-0.4, -0.2) is 81.8 Å². The van der Waals surface area contributed by atoms with Crippen LogP contribution in [0.5, 0.6) is 0 Å². The van der Waals surface area contributed by atoms with E-state index in [2.05, 4.69) is 60.2 Å². The maximum atomic E-state index is 2.76. The molecule has 0 unspecified atom stereocenters. The molecule has 0 spiro atoms. The average Bonchev–Trinajstić information content (AvgIpc) is 2.82. The van der Waals surface area contributed by atoms with Crippen molar-refractivity contribution in [3.05, 3.63) is 35.4 Å². The van der Waals surface area contributed by atoms with E-state index in [1.54, 1.807) is 5.56 Å². The molecule has 3 N–H and O–H groups in total. The molecule has 0 aromatic heterocycles. The largest absolute Gasteiger partial charge is 0.346 e. The zero-order chi connectivity index (χ0) is 23.8. The van der Waals surface area contributed by atoms with Crippen molar-refractivity contribution >= 4 is 0 Å². The van der Waals surface area contributed by atoms with Gasteiger partial charge in [-0.3, -0.25) is 0 Å². The van der Waals surface area contributed by atoms with Gasteiger partial charge in [0.2, 0.25) is 0 Å². The van der Waals surface area contributed by atoms with Gasteiger partial charge in [0.15, 0.2) is 0 Å². The SMILES string of the molecule is CC(C)Cc1cccc(CC2CC[NH+](C[C@@H](C)CN3CCN(CC4CC[NH2+]CC4)CC3)CC2)c1. The summed E-state index contributed by atoms with van der Waals surface area (Å²) in [7, 11) is 0. The molecule has 3 heterocycles. The zero-order valence-corrected chi connectivity index (χ0v) is 22.6. The lowest BCUT2D eigenvalue weighted by Crippen LogP contribution is -3.13. The number of nitrogens with two attached hydrogens (primary N) is 1. The molecule has 192 valence electrons. The Morgan fingerprint density at radius 2 is 1.56 bits per heavy atom. The summed E-state index contributed by atoms with van der Waals surface area (Å²) in [5.74, 6) is 3.42. The molecule has 3 aliphatic rings. The highest BCUT2D eigenvalue weighted by Gasteiger charge is 2.26. The summed E-state index contributed by atoms with van der Waals surface area (Å²) in [4.78, 5) is 7.38. The molecular formula is C30H54N4+2. The fourth-order valence-corrected chi connectivity index (χ4v) is 6.88. The molecule has 4 heteroatoms. The number of piperazine rings is 1. The van der Waals surface area contributed by atoms with Crippen molar-refractivity contribution in [3.63, 3.8) is 0 Å². The highest BCUT2D eigenvalue weighted by Crippen LogP contribution is 2.19. The third-order valence-corrected chi connectivity index (χ3v) is 8.72. The van der Waals surface area contributed by atoms with Crippen molar-refractivity contribution in [2.45, 2.75) is 59.3 Å². The van der Waals surface area contributed by atoms with Crippen LogP contribution in [0.2, 0.25) is 0 Å². The first-order chi connectivity index (χ1) is 16.5. The molecule has 1 atom stereocenters. The van der Waals surface area contributed by atoms with Crippen molar-refractivity contribution < 1.29 is 10.2 Å². The average molecular weight is 471 g/mol. The number of likely N-dealkylation sites (tertiary alicyclic amines) is 1. The van der Waals surface area contributed by atoms with E-state index in [-0.39, 0.29) is 0 Å². The molecule has 3 saturated heterocycles. The van der Waals surface area contributed by atoms with Crippen molar-refractivity contribution in [3.8, 4) is 0 Å². The fourth-order valence-electron chi connectivity index (χ4n) is 6.88. The normalized spacial score (nSPS) is 26.7. The van der Waals surface area contributed by atoms with Gasteiger partial charge in [-0.25, -0.2) is 0 Å². The Balaban J connectivity index is 1.10. The third kappa shape index (κ3) is 8.62. The molecule has 1 aromatic rings.